The maximum absolute atomic E-state index is 12.2. The van der Waals surface area contributed by atoms with E-state index in [1.165, 1.54) is 23.0 Å². The van der Waals surface area contributed by atoms with E-state index in [1.54, 1.807) is 11.6 Å². The van der Waals surface area contributed by atoms with Crippen LogP contribution in [0.15, 0.2) is 11.5 Å². The van der Waals surface area contributed by atoms with Crippen LogP contribution in [0.3, 0.4) is 0 Å². The molecule has 10 nitrogen and oxygen atoms in total. The monoisotopic (exact) mass is 346 g/mol. The molecule has 12 heteroatoms. The number of hydrogen-bond acceptors (Lipinski definition) is 8. The molecule has 0 N–H and O–H groups in total. The van der Waals surface area contributed by atoms with Gasteiger partial charge in [0.05, 0.1) is 11.8 Å². The lowest BCUT2D eigenvalue weighted by molar-refractivity contribution is -0.150. The Morgan fingerprint density at radius 1 is 1.55 bits per heavy atom. The molecule has 2 amide bonds. The predicted octanol–water partition coefficient (Wildman–Crippen LogP) is -1.82. The van der Waals surface area contributed by atoms with E-state index < -0.39 is 28.3 Å². The number of likely N-dealkylation sites (tertiary alicyclic amines) is 1. The number of carbonyl (C=O) groups excluding carboxylic acids is 2. The molecule has 1 aromatic rings. The Balaban J connectivity index is 1.64. The number of nitrogens with zero attached hydrogens (tertiary/aromatic N) is 5. The second-order valence-electron chi connectivity index (χ2n) is 4.99. The molecule has 0 saturated carbocycles. The van der Waals surface area contributed by atoms with Crippen molar-refractivity contribution in [2.24, 2.45) is 7.05 Å². The number of hydrogen-bond donors (Lipinski definition) is 0. The third-order valence-corrected chi connectivity index (χ3v) is 5.64. The average Bonchev–Trinajstić information content (AvgIpc) is 2.98. The van der Waals surface area contributed by atoms with Gasteiger partial charge in [0.15, 0.2) is 15.5 Å². The highest BCUT2D eigenvalue weighted by atomic mass is 32.2. The molecular weight excluding hydrogens is 334 g/mol. The zero-order valence-electron chi connectivity index (χ0n) is 11.4. The van der Waals surface area contributed by atoms with Crippen LogP contribution in [0.5, 0.6) is 0 Å². The zero-order chi connectivity index (χ0) is 16.1. The molecule has 0 aromatic carbocycles. The molecule has 0 unspecified atom stereocenters. The van der Waals surface area contributed by atoms with Crippen LogP contribution in [0.25, 0.3) is 0 Å². The van der Waals surface area contributed by atoms with E-state index in [0.29, 0.717) is 9.46 Å². The van der Waals surface area contributed by atoms with Gasteiger partial charge < -0.3 is 14.0 Å². The first-order valence-electron chi connectivity index (χ1n) is 6.36. The van der Waals surface area contributed by atoms with Crippen molar-refractivity contribution in [2.45, 2.75) is 23.7 Å². The number of aromatic nitrogens is 3. The molecule has 0 bridgehead atoms. The van der Waals surface area contributed by atoms with E-state index in [1.807, 2.05) is 0 Å². The molecule has 0 radical (unpaired) electrons. The van der Waals surface area contributed by atoms with Crippen LogP contribution >= 0.6 is 11.8 Å². The summed E-state index contributed by atoms with van der Waals surface area (Å²) in [5, 5.41) is 8.08. The van der Waals surface area contributed by atoms with E-state index in [9.17, 15) is 22.6 Å². The summed E-state index contributed by atoms with van der Waals surface area (Å²) in [6.45, 7) is 0.255. The van der Waals surface area contributed by atoms with Gasteiger partial charge in [-0.15, -0.1) is 10.2 Å². The molecule has 0 aliphatic carbocycles. The number of aryl methyl sites for hydroxylation is 1. The Kier molecular flexibility index (Phi) is 3.61. The highest BCUT2D eigenvalue weighted by Crippen LogP contribution is 2.36. The molecule has 2 saturated heterocycles. The summed E-state index contributed by atoms with van der Waals surface area (Å²) in [4.78, 5) is 25.3. The number of carbonyl (C=O) groups is 2. The fourth-order valence-electron chi connectivity index (χ4n) is 2.70. The van der Waals surface area contributed by atoms with Crippen molar-refractivity contribution in [1.29, 1.82) is 0 Å². The van der Waals surface area contributed by atoms with E-state index >= 15 is 0 Å². The molecule has 120 valence electrons. The number of thioether (sulfide) groups is 1. The first-order valence-corrected chi connectivity index (χ1v) is 8.71. The Morgan fingerprint density at radius 2 is 2.27 bits per heavy atom. The lowest BCUT2D eigenvalue weighted by atomic mass is 10.0. The van der Waals surface area contributed by atoms with Gasteiger partial charge in [-0.3, -0.25) is 9.59 Å². The van der Waals surface area contributed by atoms with Crippen molar-refractivity contribution in [1.82, 2.24) is 24.0 Å². The summed E-state index contributed by atoms with van der Waals surface area (Å²) in [5.41, 5.74) is 0. The van der Waals surface area contributed by atoms with Gasteiger partial charge in [-0.2, -0.15) is 0 Å². The lowest BCUT2D eigenvalue weighted by Crippen LogP contribution is -2.68. The standard InChI is InChI=1S/C10H13N5O5S2/c1-13-5-11-12-10(13)21-4-7(16)14-3-2-6-8(14)9(17)15(6)22(18,19)20/h5-6,8H,2-4H2,1H3,(H,18,19,20)/p-1/t6-,8+/m1/s1. The van der Waals surface area contributed by atoms with Crippen molar-refractivity contribution >= 4 is 33.9 Å². The summed E-state index contributed by atoms with van der Waals surface area (Å²) < 4.78 is 34.9. The molecule has 2 atom stereocenters. The Labute approximate surface area is 130 Å². The molecule has 2 aliphatic rings. The summed E-state index contributed by atoms with van der Waals surface area (Å²) in [7, 11) is -3.06. The smallest absolute Gasteiger partial charge is 0.260 e. The Hall–Kier alpha value is -1.66. The predicted molar refractivity (Wildman–Crippen MR) is 72.2 cm³/mol. The summed E-state index contributed by atoms with van der Waals surface area (Å²) >= 11 is 1.18. The molecule has 2 fully saturated rings. The first-order chi connectivity index (χ1) is 10.3. The third-order valence-electron chi connectivity index (χ3n) is 3.69. The molecule has 0 spiro atoms. The number of rotatable bonds is 4. The fourth-order valence-corrected chi connectivity index (χ4v) is 4.35. The van der Waals surface area contributed by atoms with Crippen LogP contribution in [0, 0.1) is 0 Å². The second-order valence-corrected chi connectivity index (χ2v) is 7.18. The van der Waals surface area contributed by atoms with Crippen LogP contribution in [0.4, 0.5) is 0 Å². The number of β-lactam (4-membered cyclic amide) rings is 1. The summed E-state index contributed by atoms with van der Waals surface area (Å²) in [6, 6.07) is -1.56. The van der Waals surface area contributed by atoms with E-state index in [0.717, 1.165) is 0 Å². The van der Waals surface area contributed by atoms with Crippen molar-refractivity contribution in [3.8, 4) is 0 Å². The zero-order valence-corrected chi connectivity index (χ0v) is 13.1. The molecule has 1 aromatic heterocycles. The quantitative estimate of drug-likeness (QED) is 0.354. The van der Waals surface area contributed by atoms with Crippen LogP contribution in [0.2, 0.25) is 0 Å². The largest absolute Gasteiger partial charge is 0.731 e. The SMILES string of the molecule is Cn1cnnc1SCC(=O)N1CC[C@@H]2[C@H]1C(=O)N2S(=O)(=O)[O-]. The van der Waals surface area contributed by atoms with E-state index in [2.05, 4.69) is 10.2 Å². The average molecular weight is 346 g/mol. The van der Waals surface area contributed by atoms with Crippen molar-refractivity contribution < 1.29 is 22.6 Å². The van der Waals surface area contributed by atoms with Crippen molar-refractivity contribution in [2.75, 3.05) is 12.3 Å². The van der Waals surface area contributed by atoms with Crippen LogP contribution in [0.1, 0.15) is 6.42 Å². The second kappa shape index (κ2) is 5.21. The van der Waals surface area contributed by atoms with Gasteiger partial charge in [-0.1, -0.05) is 11.8 Å². The number of amides is 2. The van der Waals surface area contributed by atoms with Crippen molar-refractivity contribution in [3.63, 3.8) is 0 Å². The minimum Gasteiger partial charge on any atom is -0.731 e. The van der Waals surface area contributed by atoms with E-state index in [4.69, 9.17) is 0 Å². The molecule has 22 heavy (non-hydrogen) atoms. The Bertz CT molecular complexity index is 732. The highest BCUT2D eigenvalue weighted by Gasteiger charge is 2.57. The maximum atomic E-state index is 12.2. The minimum absolute atomic E-state index is 0.0627. The fraction of sp³-hybridized carbons (Fsp3) is 0.600. The topological polar surface area (TPSA) is 129 Å². The van der Waals surface area contributed by atoms with E-state index in [-0.39, 0.29) is 24.6 Å². The highest BCUT2D eigenvalue weighted by molar-refractivity contribution is 7.99. The Morgan fingerprint density at radius 3 is 2.86 bits per heavy atom. The normalized spacial score (nSPS) is 24.4. The minimum atomic E-state index is -4.80. The summed E-state index contributed by atoms with van der Waals surface area (Å²) in [5.74, 6) is -1.06. The lowest BCUT2D eigenvalue weighted by Gasteiger charge is -2.45. The third kappa shape index (κ3) is 2.36. The maximum Gasteiger partial charge on any atom is 0.260 e. The van der Waals surface area contributed by atoms with Crippen LogP contribution in [-0.2, 0) is 26.9 Å². The number of fused-ring (bicyclic) bond motifs is 1. The first kappa shape index (κ1) is 15.2. The van der Waals surface area contributed by atoms with Gasteiger partial charge in [0.25, 0.3) is 5.91 Å². The molecule has 2 aliphatic heterocycles. The van der Waals surface area contributed by atoms with Gasteiger partial charge in [0, 0.05) is 13.6 Å². The van der Waals surface area contributed by atoms with Crippen LogP contribution in [-0.4, -0.2) is 73.1 Å². The van der Waals surface area contributed by atoms with Gasteiger partial charge in [0.1, 0.15) is 12.4 Å². The van der Waals surface area contributed by atoms with Gasteiger partial charge in [-0.05, 0) is 6.42 Å². The van der Waals surface area contributed by atoms with Crippen LogP contribution < -0.4 is 0 Å². The van der Waals surface area contributed by atoms with Gasteiger partial charge in [0.2, 0.25) is 5.91 Å². The molecule has 3 heterocycles. The molecule has 3 rings (SSSR count). The van der Waals surface area contributed by atoms with Gasteiger partial charge >= 0.3 is 0 Å². The summed E-state index contributed by atoms with van der Waals surface area (Å²) in [6.07, 6.45) is 1.80. The van der Waals surface area contributed by atoms with Gasteiger partial charge in [-0.25, -0.2) is 12.7 Å². The molecular formula is C10H12N5O5S2-. The van der Waals surface area contributed by atoms with Crippen molar-refractivity contribution in [3.05, 3.63) is 6.33 Å².